The summed E-state index contributed by atoms with van der Waals surface area (Å²) < 4.78 is 14.7. The van der Waals surface area contributed by atoms with Crippen LogP contribution in [-0.2, 0) is 4.74 Å². The van der Waals surface area contributed by atoms with Crippen molar-refractivity contribution in [1.82, 2.24) is 29.3 Å². The average molecular weight is 450 g/mol. The third kappa shape index (κ3) is 3.86. The van der Waals surface area contributed by atoms with E-state index in [9.17, 15) is 4.79 Å². The number of methoxy groups -OCH3 is 2. The largest absolute Gasteiger partial charge is 0.479 e. The van der Waals surface area contributed by atoms with Gasteiger partial charge in [0.25, 0.3) is 5.91 Å². The van der Waals surface area contributed by atoms with Gasteiger partial charge in [-0.05, 0) is 43.9 Å². The van der Waals surface area contributed by atoms with Gasteiger partial charge in [-0.3, -0.25) is 9.20 Å². The van der Waals surface area contributed by atoms with Gasteiger partial charge in [0.05, 0.1) is 19.4 Å². The van der Waals surface area contributed by atoms with E-state index in [1.807, 2.05) is 30.6 Å². The van der Waals surface area contributed by atoms with Crippen molar-refractivity contribution in [3.8, 4) is 17.0 Å². The Hall–Kier alpha value is -3.66. The molecule has 0 aliphatic heterocycles. The summed E-state index contributed by atoms with van der Waals surface area (Å²) in [5.41, 5.74) is 3.72. The van der Waals surface area contributed by atoms with E-state index >= 15 is 0 Å². The summed E-state index contributed by atoms with van der Waals surface area (Å²) in [7, 11) is 4.98. The first kappa shape index (κ1) is 21.2. The Morgan fingerprint density at radius 3 is 2.70 bits per heavy atom. The van der Waals surface area contributed by atoms with E-state index in [-0.39, 0.29) is 5.91 Å². The Kier molecular flexibility index (Phi) is 5.59. The molecule has 1 aliphatic carbocycles. The van der Waals surface area contributed by atoms with E-state index in [4.69, 9.17) is 9.47 Å². The molecule has 4 aromatic rings. The van der Waals surface area contributed by atoms with Crippen molar-refractivity contribution in [2.75, 3.05) is 26.6 Å². The first-order valence-corrected chi connectivity index (χ1v) is 11.0. The number of fused-ring (bicyclic) bond motifs is 2. The first-order chi connectivity index (χ1) is 16.1. The smallest absolute Gasteiger partial charge is 0.269 e. The van der Waals surface area contributed by atoms with Crippen LogP contribution in [-0.4, -0.2) is 63.3 Å². The van der Waals surface area contributed by atoms with Gasteiger partial charge < -0.3 is 20.1 Å². The summed E-state index contributed by atoms with van der Waals surface area (Å²) in [6.45, 7) is 0. The molecular formula is C23H27N7O3. The zero-order valence-corrected chi connectivity index (χ0v) is 18.9. The van der Waals surface area contributed by atoms with Crippen molar-refractivity contribution >= 4 is 23.0 Å². The van der Waals surface area contributed by atoms with Crippen molar-refractivity contribution in [2.45, 2.75) is 37.8 Å². The second-order valence-electron chi connectivity index (χ2n) is 8.19. The minimum atomic E-state index is -0.197. The molecule has 4 heterocycles. The monoisotopic (exact) mass is 449 g/mol. The van der Waals surface area contributed by atoms with Gasteiger partial charge in [-0.1, -0.05) is 0 Å². The summed E-state index contributed by atoms with van der Waals surface area (Å²) in [4.78, 5) is 21.2. The van der Waals surface area contributed by atoms with Crippen LogP contribution in [0.25, 0.3) is 22.3 Å². The van der Waals surface area contributed by atoms with E-state index in [2.05, 4.69) is 25.7 Å². The molecule has 0 saturated heterocycles. The molecule has 33 heavy (non-hydrogen) atoms. The topological polar surface area (TPSA) is 107 Å². The summed E-state index contributed by atoms with van der Waals surface area (Å²) in [6, 6.07) is 6.12. The van der Waals surface area contributed by atoms with Crippen LogP contribution in [0.2, 0.25) is 0 Å². The predicted octanol–water partition coefficient (Wildman–Crippen LogP) is 2.78. The Balaban J connectivity index is 1.49. The molecule has 1 aliphatic rings. The second kappa shape index (κ2) is 8.70. The van der Waals surface area contributed by atoms with Crippen LogP contribution in [0, 0.1) is 0 Å². The number of pyridine rings is 1. The number of hydrogen-bond donors (Lipinski definition) is 2. The number of imidazole rings is 1. The molecule has 1 amide bonds. The highest BCUT2D eigenvalue weighted by Crippen LogP contribution is 2.32. The van der Waals surface area contributed by atoms with Gasteiger partial charge >= 0.3 is 0 Å². The zero-order valence-electron chi connectivity index (χ0n) is 18.9. The SMILES string of the molecule is CNC(=O)c1cnc2ccc(-c3ccn4nc(N[C@H]5CC[C@@H](OC)CC5)nc(OC)c34)cn12. The lowest BCUT2D eigenvalue weighted by Gasteiger charge is -2.28. The number of carbonyl (C=O) groups is 1. The highest BCUT2D eigenvalue weighted by molar-refractivity contribution is 5.93. The van der Waals surface area contributed by atoms with E-state index in [0.717, 1.165) is 42.3 Å². The number of nitrogens with one attached hydrogen (secondary N) is 2. The van der Waals surface area contributed by atoms with E-state index in [1.54, 1.807) is 36.4 Å². The number of hydrogen-bond acceptors (Lipinski definition) is 7. The maximum atomic E-state index is 12.2. The number of amides is 1. The molecule has 0 atom stereocenters. The number of aromatic nitrogens is 5. The van der Waals surface area contributed by atoms with Crippen LogP contribution in [0.3, 0.4) is 0 Å². The fraction of sp³-hybridized carbons (Fsp3) is 0.391. The minimum absolute atomic E-state index is 0.197. The number of anilines is 1. The quantitative estimate of drug-likeness (QED) is 0.466. The van der Waals surface area contributed by atoms with Gasteiger partial charge in [-0.2, -0.15) is 4.98 Å². The Morgan fingerprint density at radius 1 is 1.15 bits per heavy atom. The van der Waals surface area contributed by atoms with Gasteiger partial charge in [0.15, 0.2) is 0 Å². The fourth-order valence-corrected chi connectivity index (χ4v) is 4.49. The summed E-state index contributed by atoms with van der Waals surface area (Å²) in [5.74, 6) is 0.821. The molecule has 0 spiro atoms. The van der Waals surface area contributed by atoms with Crippen molar-refractivity contribution in [1.29, 1.82) is 0 Å². The fourth-order valence-electron chi connectivity index (χ4n) is 4.49. The number of nitrogens with zero attached hydrogens (tertiary/aromatic N) is 5. The van der Waals surface area contributed by atoms with Crippen LogP contribution in [0.4, 0.5) is 5.95 Å². The van der Waals surface area contributed by atoms with Crippen LogP contribution >= 0.6 is 0 Å². The molecule has 1 saturated carbocycles. The molecule has 0 bridgehead atoms. The third-order valence-corrected chi connectivity index (χ3v) is 6.29. The zero-order chi connectivity index (χ0) is 22.9. The van der Waals surface area contributed by atoms with Crippen molar-refractivity contribution in [3.63, 3.8) is 0 Å². The molecule has 172 valence electrons. The molecule has 10 heteroatoms. The van der Waals surface area contributed by atoms with Crippen molar-refractivity contribution in [3.05, 3.63) is 42.5 Å². The molecule has 0 unspecified atom stereocenters. The Morgan fingerprint density at radius 2 is 1.97 bits per heavy atom. The molecule has 1 fully saturated rings. The van der Waals surface area contributed by atoms with Crippen LogP contribution in [0.15, 0.2) is 36.8 Å². The van der Waals surface area contributed by atoms with E-state index in [0.29, 0.717) is 35.3 Å². The Bertz CT molecular complexity index is 1300. The normalized spacial score (nSPS) is 18.5. The maximum Gasteiger partial charge on any atom is 0.269 e. The number of rotatable bonds is 6. The first-order valence-electron chi connectivity index (χ1n) is 11.0. The lowest BCUT2D eigenvalue weighted by Crippen LogP contribution is -2.30. The van der Waals surface area contributed by atoms with Crippen LogP contribution in [0.5, 0.6) is 5.88 Å². The molecule has 0 aromatic carbocycles. The lowest BCUT2D eigenvalue weighted by molar-refractivity contribution is 0.0681. The number of ether oxygens (including phenoxy) is 2. The average Bonchev–Trinajstić information content (AvgIpc) is 3.47. The van der Waals surface area contributed by atoms with Crippen molar-refractivity contribution in [2.24, 2.45) is 0 Å². The summed E-state index contributed by atoms with van der Waals surface area (Å²) in [6.07, 6.45) is 9.76. The molecule has 10 nitrogen and oxygen atoms in total. The van der Waals surface area contributed by atoms with Crippen LogP contribution < -0.4 is 15.4 Å². The van der Waals surface area contributed by atoms with E-state index < -0.39 is 0 Å². The summed E-state index contributed by atoms with van der Waals surface area (Å²) in [5, 5.41) is 10.8. The highest BCUT2D eigenvalue weighted by atomic mass is 16.5. The van der Waals surface area contributed by atoms with Gasteiger partial charge in [0, 0.05) is 43.7 Å². The van der Waals surface area contributed by atoms with Gasteiger partial charge in [0.2, 0.25) is 11.8 Å². The molecule has 0 radical (unpaired) electrons. The predicted molar refractivity (Wildman–Crippen MR) is 124 cm³/mol. The molecular weight excluding hydrogens is 422 g/mol. The highest BCUT2D eigenvalue weighted by Gasteiger charge is 2.23. The second-order valence-corrected chi connectivity index (χ2v) is 8.19. The molecule has 5 rings (SSSR count). The van der Waals surface area contributed by atoms with Crippen LogP contribution in [0.1, 0.15) is 36.2 Å². The van der Waals surface area contributed by atoms with Crippen molar-refractivity contribution < 1.29 is 14.3 Å². The lowest BCUT2D eigenvalue weighted by atomic mass is 9.93. The Labute approximate surface area is 190 Å². The number of carbonyl (C=O) groups excluding carboxylic acids is 1. The van der Waals surface area contributed by atoms with Gasteiger partial charge in [0.1, 0.15) is 16.9 Å². The van der Waals surface area contributed by atoms with Gasteiger partial charge in [-0.15, -0.1) is 5.10 Å². The van der Waals surface area contributed by atoms with Gasteiger partial charge in [-0.25, -0.2) is 9.50 Å². The summed E-state index contributed by atoms with van der Waals surface area (Å²) >= 11 is 0. The van der Waals surface area contributed by atoms with E-state index in [1.165, 1.54) is 0 Å². The minimum Gasteiger partial charge on any atom is -0.479 e. The molecule has 2 N–H and O–H groups in total. The molecule has 4 aromatic heterocycles. The standard InChI is InChI=1S/C23H27N7O3/c1-24-21(31)18-12-25-19-9-4-14(13-29(18)19)17-10-11-30-20(17)22(33-3)27-23(28-30)26-15-5-7-16(32-2)8-6-15/h4,9-13,15-16H,5-8H2,1-3H3,(H,24,31)(H,26,28)/t15-,16+. The third-order valence-electron chi connectivity index (χ3n) is 6.29. The maximum absolute atomic E-state index is 12.2.